The molecule has 2 rings (SSSR count). The van der Waals surface area contributed by atoms with E-state index in [-0.39, 0.29) is 6.42 Å². The van der Waals surface area contributed by atoms with Gasteiger partial charge >= 0.3 is 5.97 Å². The van der Waals surface area contributed by atoms with E-state index in [1.807, 2.05) is 12.1 Å². The second kappa shape index (κ2) is 12.4. The summed E-state index contributed by atoms with van der Waals surface area (Å²) in [5.41, 5.74) is 2.10. The minimum absolute atomic E-state index is 0.165. The fourth-order valence-electron chi connectivity index (χ4n) is 3.99. The van der Waals surface area contributed by atoms with Crippen molar-refractivity contribution in [2.75, 3.05) is 0 Å². The van der Waals surface area contributed by atoms with Gasteiger partial charge in [0.1, 0.15) is 0 Å². The molecule has 4 nitrogen and oxygen atoms in total. The number of fused-ring (bicyclic) bond motifs is 1. The van der Waals surface area contributed by atoms with E-state index in [9.17, 15) is 4.79 Å². The monoisotopic (exact) mass is 441 g/mol. The van der Waals surface area contributed by atoms with Gasteiger partial charge in [0.2, 0.25) is 0 Å². The summed E-state index contributed by atoms with van der Waals surface area (Å²) < 4.78 is 4.48. The molecule has 162 valence electrons. The number of carbonyl (C=O) groups is 1. The summed E-state index contributed by atoms with van der Waals surface area (Å²) in [6, 6.07) is 3.84. The van der Waals surface area contributed by atoms with E-state index >= 15 is 0 Å². The second-order valence-corrected chi connectivity index (χ2v) is 8.75. The van der Waals surface area contributed by atoms with Gasteiger partial charge in [0, 0.05) is 25.5 Å². The molecule has 0 aliphatic heterocycles. The Morgan fingerprint density at radius 2 is 1.55 bits per heavy atom. The summed E-state index contributed by atoms with van der Waals surface area (Å²) in [5, 5.41) is 10.0. The Hall–Kier alpha value is -1.26. The number of aliphatic carboxylic acids is 1. The lowest BCUT2D eigenvalue weighted by atomic mass is 10.1. The van der Waals surface area contributed by atoms with E-state index in [1.54, 1.807) is 0 Å². The van der Waals surface area contributed by atoms with Gasteiger partial charge in [-0.2, -0.15) is 0 Å². The first-order chi connectivity index (χ1) is 14.0. The summed E-state index contributed by atoms with van der Waals surface area (Å²) in [6.07, 6.45) is 12.5. The molecule has 1 heterocycles. The molecule has 0 spiro atoms. The van der Waals surface area contributed by atoms with Crippen molar-refractivity contribution in [3.63, 3.8) is 0 Å². The van der Waals surface area contributed by atoms with Crippen LogP contribution in [-0.4, -0.2) is 15.6 Å². The van der Waals surface area contributed by atoms with Gasteiger partial charge in [-0.1, -0.05) is 75.1 Å². The smallest absolute Gasteiger partial charge is 0.303 e. The van der Waals surface area contributed by atoms with Crippen molar-refractivity contribution in [2.45, 2.75) is 97.6 Å². The van der Waals surface area contributed by atoms with Gasteiger partial charge in [0.25, 0.3) is 5.82 Å². The Bertz CT molecular complexity index is 802. The van der Waals surface area contributed by atoms with Crippen molar-refractivity contribution in [3.05, 3.63) is 28.0 Å². The number of hydrogen-bond acceptors (Lipinski definition) is 1. The van der Waals surface area contributed by atoms with Gasteiger partial charge in [0.05, 0.1) is 23.1 Å². The highest BCUT2D eigenvalue weighted by molar-refractivity contribution is 6.42. The molecule has 29 heavy (non-hydrogen) atoms. The fourth-order valence-corrected chi connectivity index (χ4v) is 4.30. The van der Waals surface area contributed by atoms with Crippen molar-refractivity contribution >= 4 is 40.2 Å². The zero-order valence-corrected chi connectivity index (χ0v) is 19.4. The third-order valence-corrected chi connectivity index (χ3v) is 6.36. The third kappa shape index (κ3) is 7.18. The normalized spacial score (nSPS) is 11.4. The van der Waals surface area contributed by atoms with E-state index in [1.165, 1.54) is 51.4 Å². The summed E-state index contributed by atoms with van der Waals surface area (Å²) in [7, 11) is 0. The third-order valence-electron chi connectivity index (χ3n) is 5.64. The Labute approximate surface area is 184 Å². The first-order valence-corrected chi connectivity index (χ1v) is 11.8. The Balaban J connectivity index is 1.99. The van der Waals surface area contributed by atoms with Crippen LogP contribution in [0, 0.1) is 6.92 Å². The maximum Gasteiger partial charge on any atom is 0.303 e. The molecule has 0 atom stereocenters. The molecule has 1 N–H and O–H groups in total. The highest BCUT2D eigenvalue weighted by atomic mass is 35.5. The van der Waals surface area contributed by atoms with E-state index < -0.39 is 5.97 Å². The Kier molecular flexibility index (Phi) is 10.3. The lowest BCUT2D eigenvalue weighted by Gasteiger charge is -2.03. The minimum Gasteiger partial charge on any atom is -0.481 e. The number of unbranched alkanes of at least 4 members (excludes halogenated alkanes) is 8. The number of aryl methyl sites for hydroxylation is 2. The van der Waals surface area contributed by atoms with E-state index in [2.05, 4.69) is 23.0 Å². The topological polar surface area (TPSA) is 46.1 Å². The number of rotatable bonds is 14. The number of aromatic nitrogens is 2. The molecule has 0 radical (unpaired) electrons. The van der Waals surface area contributed by atoms with E-state index in [0.29, 0.717) is 23.0 Å². The van der Waals surface area contributed by atoms with Crippen molar-refractivity contribution in [3.8, 4) is 0 Å². The largest absolute Gasteiger partial charge is 0.481 e. The highest BCUT2D eigenvalue weighted by Gasteiger charge is 2.23. The molecule has 1 aromatic heterocycles. The molecule has 1 aromatic carbocycles. The van der Waals surface area contributed by atoms with Crippen LogP contribution in [0.3, 0.4) is 0 Å². The van der Waals surface area contributed by atoms with Crippen LogP contribution in [0.25, 0.3) is 11.0 Å². The minimum atomic E-state index is -0.761. The first kappa shape index (κ1) is 24.0. The van der Waals surface area contributed by atoms with Gasteiger partial charge in [-0.3, -0.25) is 4.79 Å². The molecule has 0 amide bonds. The van der Waals surface area contributed by atoms with Crippen LogP contribution in [0.2, 0.25) is 10.0 Å². The van der Waals surface area contributed by atoms with Crippen molar-refractivity contribution < 1.29 is 14.5 Å². The number of nitrogens with zero attached hydrogens (tertiary/aromatic N) is 2. The van der Waals surface area contributed by atoms with Gasteiger partial charge in [-0.25, -0.2) is 9.13 Å². The quantitative estimate of drug-likeness (QED) is 0.254. The maximum atomic E-state index is 10.9. The summed E-state index contributed by atoms with van der Waals surface area (Å²) >= 11 is 12.6. The molecule has 2 aromatic rings. The van der Waals surface area contributed by atoms with Crippen molar-refractivity contribution in [2.24, 2.45) is 0 Å². The predicted octanol–water partition coefficient (Wildman–Crippen LogP) is 6.94. The van der Waals surface area contributed by atoms with Gasteiger partial charge in [-0.15, -0.1) is 0 Å². The number of carboxylic acids is 1. The molecule has 0 saturated carbocycles. The molecule has 0 unspecified atom stereocenters. The number of imidazole rings is 1. The van der Waals surface area contributed by atoms with Gasteiger partial charge < -0.3 is 5.11 Å². The fraction of sp³-hybridized carbons (Fsp3) is 0.652. The van der Waals surface area contributed by atoms with Crippen LogP contribution < -0.4 is 4.57 Å². The summed E-state index contributed by atoms with van der Waals surface area (Å²) in [6.45, 7) is 5.96. The molecule has 6 heteroatoms. The van der Waals surface area contributed by atoms with Crippen LogP contribution in [0.5, 0.6) is 0 Å². The summed E-state index contributed by atoms with van der Waals surface area (Å²) in [5.74, 6) is 0.367. The van der Waals surface area contributed by atoms with Crippen molar-refractivity contribution in [1.82, 2.24) is 4.57 Å². The average Bonchev–Trinajstić information content (AvgIpc) is 2.92. The van der Waals surface area contributed by atoms with E-state index in [0.717, 1.165) is 29.8 Å². The van der Waals surface area contributed by atoms with Gasteiger partial charge in [0.15, 0.2) is 11.0 Å². The Morgan fingerprint density at radius 1 is 0.966 bits per heavy atom. The molecule has 0 aliphatic carbocycles. The number of benzene rings is 1. The second-order valence-electron chi connectivity index (χ2n) is 7.93. The zero-order valence-electron chi connectivity index (χ0n) is 17.9. The average molecular weight is 442 g/mol. The van der Waals surface area contributed by atoms with Crippen LogP contribution in [0.1, 0.15) is 83.4 Å². The lowest BCUT2D eigenvalue weighted by Crippen LogP contribution is -2.36. The van der Waals surface area contributed by atoms with Crippen LogP contribution in [-0.2, 0) is 17.9 Å². The molecular formula is C23H35Cl2N2O2+. The molecule has 0 bridgehead atoms. The highest BCUT2D eigenvalue weighted by Crippen LogP contribution is 2.28. The lowest BCUT2D eigenvalue weighted by molar-refractivity contribution is -0.678. The number of carboxylic acid groups (broad SMARTS) is 1. The molecule has 0 fully saturated rings. The Morgan fingerprint density at radius 3 is 2.17 bits per heavy atom. The standard InChI is InChI=1S/C23H34Cl2N2O2/c1-3-4-5-6-7-8-9-10-11-14-26-18(2)27(15-12-13-23(28)29)22-17-20(25)19(24)16-21(22)26/h16-17H,3-15H2,1-2H3/p+1. The van der Waals surface area contributed by atoms with E-state index in [4.69, 9.17) is 28.3 Å². The molecular weight excluding hydrogens is 407 g/mol. The predicted molar refractivity (Wildman–Crippen MR) is 121 cm³/mol. The number of hydrogen-bond donors (Lipinski definition) is 1. The number of halogens is 2. The zero-order chi connectivity index (χ0) is 21.2. The summed E-state index contributed by atoms with van der Waals surface area (Å²) in [4.78, 5) is 10.9. The van der Waals surface area contributed by atoms with Crippen LogP contribution >= 0.6 is 23.2 Å². The van der Waals surface area contributed by atoms with Crippen LogP contribution in [0.15, 0.2) is 12.1 Å². The first-order valence-electron chi connectivity index (χ1n) is 11.0. The molecule has 0 saturated heterocycles. The SMILES string of the molecule is CCCCCCCCCCCn1c(C)[n+](CCCC(=O)O)c2cc(Cl)c(Cl)cc21. The molecule has 0 aliphatic rings. The van der Waals surface area contributed by atoms with Gasteiger partial charge in [-0.05, 0) is 19.3 Å². The maximum absolute atomic E-state index is 10.9. The van der Waals surface area contributed by atoms with Crippen molar-refractivity contribution in [1.29, 1.82) is 0 Å². The van der Waals surface area contributed by atoms with Crippen LogP contribution in [0.4, 0.5) is 0 Å².